The van der Waals surface area contributed by atoms with Crippen LogP contribution in [0.4, 0.5) is 0 Å². The van der Waals surface area contributed by atoms with Crippen molar-refractivity contribution in [1.82, 2.24) is 5.32 Å². The van der Waals surface area contributed by atoms with Crippen molar-refractivity contribution in [3.05, 3.63) is 0 Å². The minimum atomic E-state index is -0.934. The number of carbonyl (C=O) groups is 2. The molecule has 0 aliphatic carbocycles. The summed E-state index contributed by atoms with van der Waals surface area (Å²) in [6.07, 6.45) is 1.26. The lowest BCUT2D eigenvalue weighted by atomic mass is 10.2. The van der Waals surface area contributed by atoms with Crippen LogP contribution in [0.1, 0.15) is 6.42 Å². The third-order valence-electron chi connectivity index (χ3n) is 1.54. The Morgan fingerprint density at radius 2 is 2.21 bits per heavy atom. The van der Waals surface area contributed by atoms with Gasteiger partial charge in [0.1, 0.15) is 0 Å². The van der Waals surface area contributed by atoms with Gasteiger partial charge in [-0.25, -0.2) is 0 Å². The van der Waals surface area contributed by atoms with Gasteiger partial charge in [-0.3, -0.25) is 9.59 Å². The van der Waals surface area contributed by atoms with Gasteiger partial charge in [0.2, 0.25) is 5.91 Å². The zero-order valence-electron chi connectivity index (χ0n) is 8.28. The van der Waals surface area contributed by atoms with Gasteiger partial charge in [-0.2, -0.15) is 11.8 Å². The molecule has 0 aliphatic rings. The average Bonchev–Trinajstić information content (AvgIpc) is 2.12. The highest BCUT2D eigenvalue weighted by atomic mass is 32.2. The lowest BCUT2D eigenvalue weighted by Gasteiger charge is -2.13. The number of ether oxygens (including phenoxy) is 1. The Labute approximate surface area is 87.2 Å². The van der Waals surface area contributed by atoms with E-state index >= 15 is 0 Å². The van der Waals surface area contributed by atoms with Gasteiger partial charge in [0.15, 0.2) is 0 Å². The van der Waals surface area contributed by atoms with Crippen LogP contribution in [0.5, 0.6) is 0 Å². The molecule has 1 atom stereocenters. The number of aliphatic carboxylic acids is 1. The normalized spacial score (nSPS) is 12.1. The van der Waals surface area contributed by atoms with Gasteiger partial charge < -0.3 is 15.2 Å². The standard InChI is InChI=1S/C8H15NO4S/c1-13-6(3-8(11)12)4-9-7(10)5-14-2/h6H,3-5H2,1-2H3,(H,9,10)(H,11,12). The Morgan fingerprint density at radius 3 is 2.64 bits per heavy atom. The number of carbonyl (C=O) groups excluding carboxylic acids is 1. The number of thioether (sulfide) groups is 1. The van der Waals surface area contributed by atoms with Crippen molar-refractivity contribution < 1.29 is 19.4 Å². The molecule has 0 spiro atoms. The van der Waals surface area contributed by atoms with Gasteiger partial charge in [0.25, 0.3) is 0 Å². The van der Waals surface area contributed by atoms with E-state index in [0.29, 0.717) is 5.75 Å². The van der Waals surface area contributed by atoms with E-state index < -0.39 is 12.1 Å². The molecule has 0 heterocycles. The summed E-state index contributed by atoms with van der Waals surface area (Å²) in [5, 5.41) is 11.1. The topological polar surface area (TPSA) is 75.6 Å². The second-order valence-electron chi connectivity index (χ2n) is 2.69. The molecule has 0 radical (unpaired) electrons. The molecule has 0 saturated carbocycles. The molecule has 0 aliphatic heterocycles. The second kappa shape index (κ2) is 7.64. The van der Waals surface area contributed by atoms with Gasteiger partial charge in [-0.1, -0.05) is 0 Å². The third-order valence-corrected chi connectivity index (χ3v) is 2.09. The predicted molar refractivity (Wildman–Crippen MR) is 54.4 cm³/mol. The fourth-order valence-electron chi connectivity index (χ4n) is 0.843. The maximum atomic E-state index is 11.0. The summed E-state index contributed by atoms with van der Waals surface area (Å²) in [5.41, 5.74) is 0. The summed E-state index contributed by atoms with van der Waals surface area (Å²) >= 11 is 1.41. The van der Waals surface area contributed by atoms with Crippen molar-refractivity contribution in [2.24, 2.45) is 0 Å². The molecule has 0 saturated heterocycles. The van der Waals surface area contributed by atoms with Crippen LogP contribution in [0.15, 0.2) is 0 Å². The highest BCUT2D eigenvalue weighted by Crippen LogP contribution is 1.96. The molecule has 14 heavy (non-hydrogen) atoms. The first-order valence-electron chi connectivity index (χ1n) is 4.10. The summed E-state index contributed by atoms with van der Waals surface area (Å²) in [6, 6.07) is 0. The highest BCUT2D eigenvalue weighted by molar-refractivity contribution is 7.99. The van der Waals surface area contributed by atoms with Gasteiger partial charge in [0.05, 0.1) is 18.3 Å². The molecule has 0 aromatic heterocycles. The second-order valence-corrected chi connectivity index (χ2v) is 3.56. The quantitative estimate of drug-likeness (QED) is 0.630. The maximum absolute atomic E-state index is 11.0. The Kier molecular flexibility index (Phi) is 7.23. The molecule has 1 amide bonds. The number of hydrogen-bond acceptors (Lipinski definition) is 4. The average molecular weight is 221 g/mol. The first-order valence-corrected chi connectivity index (χ1v) is 5.49. The van der Waals surface area contributed by atoms with Gasteiger partial charge in [-0.05, 0) is 6.26 Å². The Bertz CT molecular complexity index is 198. The Hall–Kier alpha value is -0.750. The number of methoxy groups -OCH3 is 1. The van der Waals surface area contributed by atoms with Crippen LogP contribution >= 0.6 is 11.8 Å². The highest BCUT2D eigenvalue weighted by Gasteiger charge is 2.12. The minimum Gasteiger partial charge on any atom is -0.481 e. The molecular formula is C8H15NO4S. The van der Waals surface area contributed by atoms with Crippen molar-refractivity contribution in [3.8, 4) is 0 Å². The summed E-state index contributed by atoms with van der Waals surface area (Å²) in [5.74, 6) is -0.662. The molecule has 2 N–H and O–H groups in total. The molecule has 5 nitrogen and oxygen atoms in total. The molecule has 6 heteroatoms. The van der Waals surface area contributed by atoms with E-state index in [1.54, 1.807) is 0 Å². The zero-order chi connectivity index (χ0) is 11.0. The van der Waals surface area contributed by atoms with E-state index in [0.717, 1.165) is 0 Å². The van der Waals surface area contributed by atoms with E-state index in [2.05, 4.69) is 5.32 Å². The molecule has 0 aromatic rings. The molecule has 0 aromatic carbocycles. The summed E-state index contributed by atoms with van der Waals surface area (Å²) in [6.45, 7) is 0.238. The smallest absolute Gasteiger partial charge is 0.306 e. The number of amides is 1. The van der Waals surface area contributed by atoms with Crippen molar-refractivity contribution in [2.45, 2.75) is 12.5 Å². The summed E-state index contributed by atoms with van der Waals surface area (Å²) in [4.78, 5) is 21.4. The Balaban J connectivity index is 3.71. The first-order chi connectivity index (χ1) is 6.60. The fourth-order valence-corrected chi connectivity index (χ4v) is 1.21. The van der Waals surface area contributed by atoms with E-state index in [-0.39, 0.29) is 18.9 Å². The SMILES string of the molecule is COC(CNC(=O)CSC)CC(=O)O. The largest absolute Gasteiger partial charge is 0.481 e. The zero-order valence-corrected chi connectivity index (χ0v) is 9.10. The lowest BCUT2D eigenvalue weighted by Crippen LogP contribution is -2.35. The van der Waals surface area contributed by atoms with Crippen molar-refractivity contribution in [3.63, 3.8) is 0 Å². The van der Waals surface area contributed by atoms with Crippen LogP contribution in [-0.2, 0) is 14.3 Å². The van der Waals surface area contributed by atoms with Crippen molar-refractivity contribution >= 4 is 23.6 Å². The van der Waals surface area contributed by atoms with E-state index in [4.69, 9.17) is 9.84 Å². The van der Waals surface area contributed by atoms with Crippen LogP contribution < -0.4 is 5.32 Å². The molecular weight excluding hydrogens is 206 g/mol. The number of carboxylic acid groups (broad SMARTS) is 1. The van der Waals surface area contributed by atoms with Crippen molar-refractivity contribution in [2.75, 3.05) is 25.7 Å². The number of rotatable bonds is 7. The molecule has 82 valence electrons. The number of carboxylic acids is 1. The fraction of sp³-hybridized carbons (Fsp3) is 0.750. The Morgan fingerprint density at radius 1 is 1.57 bits per heavy atom. The molecule has 0 bridgehead atoms. The lowest BCUT2D eigenvalue weighted by molar-refractivity contribution is -0.140. The van der Waals surface area contributed by atoms with Crippen LogP contribution in [-0.4, -0.2) is 48.8 Å². The van der Waals surface area contributed by atoms with Crippen LogP contribution in [0.3, 0.4) is 0 Å². The summed E-state index contributed by atoms with van der Waals surface area (Å²) in [7, 11) is 1.42. The predicted octanol–water partition coefficient (Wildman–Crippen LogP) is -0.0447. The van der Waals surface area contributed by atoms with Crippen LogP contribution in [0, 0.1) is 0 Å². The van der Waals surface area contributed by atoms with E-state index in [1.165, 1.54) is 18.9 Å². The van der Waals surface area contributed by atoms with Crippen LogP contribution in [0.2, 0.25) is 0 Å². The van der Waals surface area contributed by atoms with Crippen molar-refractivity contribution in [1.29, 1.82) is 0 Å². The molecule has 0 fully saturated rings. The van der Waals surface area contributed by atoms with Gasteiger partial charge >= 0.3 is 5.97 Å². The minimum absolute atomic E-state index is 0.101. The van der Waals surface area contributed by atoms with E-state index in [1.807, 2.05) is 6.26 Å². The molecule has 0 rings (SSSR count). The van der Waals surface area contributed by atoms with Gasteiger partial charge in [0, 0.05) is 13.7 Å². The van der Waals surface area contributed by atoms with Gasteiger partial charge in [-0.15, -0.1) is 0 Å². The number of hydrogen-bond donors (Lipinski definition) is 2. The van der Waals surface area contributed by atoms with E-state index in [9.17, 15) is 9.59 Å². The maximum Gasteiger partial charge on any atom is 0.306 e. The molecule has 1 unspecified atom stereocenters. The first kappa shape index (κ1) is 13.2. The third kappa shape index (κ3) is 6.73. The number of nitrogens with one attached hydrogen (secondary N) is 1. The monoisotopic (exact) mass is 221 g/mol. The summed E-state index contributed by atoms with van der Waals surface area (Å²) < 4.78 is 4.89. The van der Waals surface area contributed by atoms with Crippen LogP contribution in [0.25, 0.3) is 0 Å².